The summed E-state index contributed by atoms with van der Waals surface area (Å²) in [5.41, 5.74) is 10.4. The summed E-state index contributed by atoms with van der Waals surface area (Å²) in [5.74, 6) is 0. The fraction of sp³-hybridized carbons (Fsp3) is 0.429. The topological polar surface area (TPSA) is 64.3 Å². The Morgan fingerprint density at radius 2 is 2.40 bits per heavy atom. The number of pyridine rings is 1. The van der Waals surface area contributed by atoms with Gasteiger partial charge in [-0.1, -0.05) is 0 Å². The Kier molecular flexibility index (Phi) is 3.95. The molecule has 1 atom stereocenters. The molecular formula is C14H18N4OS. The van der Waals surface area contributed by atoms with E-state index in [1.165, 1.54) is 4.88 Å². The molecule has 0 spiro atoms. The van der Waals surface area contributed by atoms with Gasteiger partial charge in [-0.3, -0.25) is 14.9 Å². The minimum Gasteiger partial charge on any atom is -0.399 e. The lowest BCUT2D eigenvalue weighted by molar-refractivity contribution is -0.0347. The number of thiazole rings is 1. The molecule has 1 aliphatic heterocycles. The number of anilines is 1. The smallest absolute Gasteiger partial charge is 0.112 e. The van der Waals surface area contributed by atoms with Crippen LogP contribution in [0.2, 0.25) is 0 Å². The van der Waals surface area contributed by atoms with E-state index < -0.39 is 0 Å². The Balaban J connectivity index is 1.71. The molecule has 0 aromatic carbocycles. The van der Waals surface area contributed by atoms with E-state index in [4.69, 9.17) is 10.5 Å². The van der Waals surface area contributed by atoms with Crippen LogP contribution in [0.5, 0.6) is 0 Å². The Labute approximate surface area is 122 Å². The minimum atomic E-state index is -0.00104. The van der Waals surface area contributed by atoms with Crippen molar-refractivity contribution >= 4 is 17.0 Å². The molecule has 6 heteroatoms. The standard InChI is InChI=1S/C14H18N4OS/c1-10-4-11(15)5-13(17-10)14-8-18(2-3-19-14)7-12-6-16-9-20-12/h4-6,9,14H,2-3,7-8H2,1H3,(H2,15,17)/t14-/m0/s1. The van der Waals surface area contributed by atoms with Crippen molar-refractivity contribution in [2.75, 3.05) is 25.4 Å². The van der Waals surface area contributed by atoms with E-state index in [2.05, 4.69) is 14.9 Å². The number of aryl methyl sites for hydroxylation is 1. The molecule has 3 rings (SSSR count). The highest BCUT2D eigenvalue weighted by Crippen LogP contribution is 2.24. The highest BCUT2D eigenvalue weighted by atomic mass is 32.1. The Morgan fingerprint density at radius 3 is 3.15 bits per heavy atom. The predicted octanol–water partition coefficient (Wildman–Crippen LogP) is 2.00. The van der Waals surface area contributed by atoms with Crippen molar-refractivity contribution in [1.82, 2.24) is 14.9 Å². The number of nitrogen functional groups attached to an aromatic ring is 1. The van der Waals surface area contributed by atoms with Gasteiger partial charge in [0.05, 0.1) is 17.8 Å². The van der Waals surface area contributed by atoms with Gasteiger partial charge in [-0.05, 0) is 19.1 Å². The van der Waals surface area contributed by atoms with Crippen molar-refractivity contribution in [2.24, 2.45) is 0 Å². The van der Waals surface area contributed by atoms with Crippen LogP contribution in [0.25, 0.3) is 0 Å². The molecule has 0 saturated carbocycles. The largest absolute Gasteiger partial charge is 0.399 e. The van der Waals surface area contributed by atoms with Crippen LogP contribution >= 0.6 is 11.3 Å². The average Bonchev–Trinajstić information content (AvgIpc) is 2.91. The molecule has 106 valence electrons. The normalized spacial score (nSPS) is 20.1. The summed E-state index contributed by atoms with van der Waals surface area (Å²) in [6.45, 7) is 5.38. The van der Waals surface area contributed by atoms with E-state index in [1.807, 2.05) is 30.8 Å². The number of hydrogen-bond donors (Lipinski definition) is 1. The van der Waals surface area contributed by atoms with Crippen LogP contribution in [0.4, 0.5) is 5.69 Å². The third-order valence-electron chi connectivity index (χ3n) is 3.34. The molecule has 0 amide bonds. The Bertz CT molecular complexity index is 552. The van der Waals surface area contributed by atoms with Crippen molar-refractivity contribution in [2.45, 2.75) is 19.6 Å². The van der Waals surface area contributed by atoms with Crippen molar-refractivity contribution in [3.05, 3.63) is 40.1 Å². The maximum absolute atomic E-state index is 5.89. The maximum Gasteiger partial charge on any atom is 0.112 e. The molecule has 0 unspecified atom stereocenters. The molecule has 2 aromatic rings. The summed E-state index contributed by atoms with van der Waals surface area (Å²) < 4.78 is 5.85. The molecule has 0 radical (unpaired) electrons. The quantitative estimate of drug-likeness (QED) is 0.936. The van der Waals surface area contributed by atoms with E-state index in [9.17, 15) is 0 Å². The van der Waals surface area contributed by atoms with E-state index >= 15 is 0 Å². The Hall–Kier alpha value is -1.50. The first-order chi connectivity index (χ1) is 9.70. The van der Waals surface area contributed by atoms with Gasteiger partial charge in [0, 0.05) is 42.1 Å². The number of nitrogens with zero attached hydrogens (tertiary/aromatic N) is 3. The minimum absolute atomic E-state index is 0.00104. The predicted molar refractivity (Wildman–Crippen MR) is 79.5 cm³/mol. The molecule has 5 nitrogen and oxygen atoms in total. The second kappa shape index (κ2) is 5.87. The van der Waals surface area contributed by atoms with Crippen molar-refractivity contribution in [3.8, 4) is 0 Å². The third kappa shape index (κ3) is 3.15. The van der Waals surface area contributed by atoms with Gasteiger partial charge >= 0.3 is 0 Å². The molecule has 2 N–H and O–H groups in total. The van der Waals surface area contributed by atoms with Crippen LogP contribution in [0.3, 0.4) is 0 Å². The highest BCUT2D eigenvalue weighted by Gasteiger charge is 2.23. The van der Waals surface area contributed by atoms with Crippen molar-refractivity contribution < 1.29 is 4.74 Å². The molecule has 2 aromatic heterocycles. The second-order valence-corrected chi connectivity index (χ2v) is 6.00. The summed E-state index contributed by atoms with van der Waals surface area (Å²) in [6, 6.07) is 3.79. The van der Waals surface area contributed by atoms with Gasteiger partial charge in [0.1, 0.15) is 6.10 Å². The second-order valence-electron chi connectivity index (χ2n) is 5.03. The number of nitrogens with two attached hydrogens (primary N) is 1. The van der Waals surface area contributed by atoms with Gasteiger partial charge in [-0.2, -0.15) is 0 Å². The fourth-order valence-corrected chi connectivity index (χ4v) is 3.09. The zero-order chi connectivity index (χ0) is 13.9. The molecule has 0 bridgehead atoms. The summed E-state index contributed by atoms with van der Waals surface area (Å²) >= 11 is 1.69. The van der Waals surface area contributed by atoms with Crippen LogP contribution in [0.1, 0.15) is 22.4 Å². The first kappa shape index (κ1) is 13.5. The van der Waals surface area contributed by atoms with E-state index in [1.54, 1.807) is 11.3 Å². The first-order valence-electron chi connectivity index (χ1n) is 6.66. The number of aromatic nitrogens is 2. The van der Waals surface area contributed by atoms with Crippen LogP contribution in [-0.4, -0.2) is 34.6 Å². The SMILES string of the molecule is Cc1cc(N)cc([C@@H]2CN(Cc3cncs3)CCO2)n1. The van der Waals surface area contributed by atoms with Crippen molar-refractivity contribution in [3.63, 3.8) is 0 Å². The van der Waals surface area contributed by atoms with Gasteiger partial charge in [-0.25, -0.2) is 0 Å². The lowest BCUT2D eigenvalue weighted by Crippen LogP contribution is -2.38. The highest BCUT2D eigenvalue weighted by molar-refractivity contribution is 7.09. The lowest BCUT2D eigenvalue weighted by Gasteiger charge is -2.32. The zero-order valence-corrected chi connectivity index (χ0v) is 12.3. The third-order valence-corrected chi connectivity index (χ3v) is 4.10. The summed E-state index contributed by atoms with van der Waals surface area (Å²) in [6.07, 6.45) is 1.93. The monoisotopic (exact) mass is 290 g/mol. The van der Waals surface area contributed by atoms with Crippen LogP contribution in [0.15, 0.2) is 23.8 Å². The molecule has 0 aliphatic carbocycles. The number of ether oxygens (including phenoxy) is 1. The average molecular weight is 290 g/mol. The molecule has 1 saturated heterocycles. The van der Waals surface area contributed by atoms with E-state index in [0.29, 0.717) is 0 Å². The summed E-state index contributed by atoms with van der Waals surface area (Å²) in [7, 11) is 0. The molecule has 1 aliphatic rings. The zero-order valence-electron chi connectivity index (χ0n) is 11.5. The molecule has 20 heavy (non-hydrogen) atoms. The number of rotatable bonds is 3. The number of morpholine rings is 1. The molecule has 1 fully saturated rings. The molecular weight excluding hydrogens is 272 g/mol. The van der Waals surface area contributed by atoms with Gasteiger partial charge < -0.3 is 10.5 Å². The summed E-state index contributed by atoms with van der Waals surface area (Å²) in [5, 5.41) is 0. The summed E-state index contributed by atoms with van der Waals surface area (Å²) in [4.78, 5) is 12.3. The van der Waals surface area contributed by atoms with E-state index in [0.717, 1.165) is 43.3 Å². The van der Waals surface area contributed by atoms with Crippen LogP contribution in [0, 0.1) is 6.92 Å². The molecule has 3 heterocycles. The van der Waals surface area contributed by atoms with Gasteiger partial charge in [0.15, 0.2) is 0 Å². The Morgan fingerprint density at radius 1 is 1.50 bits per heavy atom. The van der Waals surface area contributed by atoms with Gasteiger partial charge in [0.25, 0.3) is 0 Å². The van der Waals surface area contributed by atoms with Gasteiger partial charge in [-0.15, -0.1) is 11.3 Å². The van der Waals surface area contributed by atoms with Gasteiger partial charge in [0.2, 0.25) is 0 Å². The lowest BCUT2D eigenvalue weighted by atomic mass is 10.1. The first-order valence-corrected chi connectivity index (χ1v) is 7.54. The van der Waals surface area contributed by atoms with Crippen LogP contribution in [-0.2, 0) is 11.3 Å². The van der Waals surface area contributed by atoms with Crippen molar-refractivity contribution in [1.29, 1.82) is 0 Å². The van der Waals surface area contributed by atoms with E-state index in [-0.39, 0.29) is 6.10 Å². The number of hydrogen-bond acceptors (Lipinski definition) is 6. The maximum atomic E-state index is 5.89. The van der Waals surface area contributed by atoms with Crippen LogP contribution < -0.4 is 5.73 Å². The fourth-order valence-electron chi connectivity index (χ4n) is 2.45.